The van der Waals surface area contributed by atoms with E-state index in [0.717, 1.165) is 36.0 Å². The molecule has 160 valence electrons. The van der Waals surface area contributed by atoms with E-state index in [0.29, 0.717) is 17.8 Å². The first-order valence-corrected chi connectivity index (χ1v) is 11.0. The van der Waals surface area contributed by atoms with Crippen molar-refractivity contribution in [1.29, 1.82) is 0 Å². The van der Waals surface area contributed by atoms with Crippen LogP contribution in [0.1, 0.15) is 49.7 Å². The van der Waals surface area contributed by atoms with Gasteiger partial charge in [-0.3, -0.25) is 0 Å². The lowest BCUT2D eigenvalue weighted by molar-refractivity contribution is -0.200. The van der Waals surface area contributed by atoms with Crippen molar-refractivity contribution in [1.82, 2.24) is 0 Å². The van der Waals surface area contributed by atoms with Crippen molar-refractivity contribution in [3.63, 3.8) is 0 Å². The van der Waals surface area contributed by atoms with Crippen molar-refractivity contribution < 1.29 is 18.3 Å². The summed E-state index contributed by atoms with van der Waals surface area (Å²) in [5.74, 6) is 1.89. The minimum absolute atomic E-state index is 0.0534. The molecule has 2 aromatic carbocycles. The number of allylic oxidation sites excluding steroid dienone is 1. The van der Waals surface area contributed by atoms with E-state index in [-0.39, 0.29) is 12.7 Å². The zero-order valence-corrected chi connectivity index (χ0v) is 17.5. The second kappa shape index (κ2) is 9.84. The smallest absolute Gasteiger partial charge is 0.266 e. The molecule has 2 fully saturated rings. The summed E-state index contributed by atoms with van der Waals surface area (Å²) in [6.45, 7) is 3.64. The molecule has 1 heterocycles. The maximum atomic E-state index is 12.2. The van der Waals surface area contributed by atoms with Crippen LogP contribution in [0.3, 0.4) is 0 Å². The van der Waals surface area contributed by atoms with Crippen LogP contribution in [-0.4, -0.2) is 19.5 Å². The number of ether oxygens (including phenoxy) is 2. The molecule has 0 N–H and O–H groups in total. The Morgan fingerprint density at radius 2 is 1.40 bits per heavy atom. The fourth-order valence-corrected chi connectivity index (χ4v) is 4.79. The Bertz CT molecular complexity index is 824. The van der Waals surface area contributed by atoms with E-state index >= 15 is 0 Å². The number of hydrogen-bond acceptors (Lipinski definition) is 2. The summed E-state index contributed by atoms with van der Waals surface area (Å²) in [6.07, 6.45) is 4.48. The molecule has 2 aliphatic rings. The summed E-state index contributed by atoms with van der Waals surface area (Å²) in [7, 11) is 0. The van der Waals surface area contributed by atoms with Gasteiger partial charge in [0.05, 0.1) is 13.2 Å². The second-order valence-electron chi connectivity index (χ2n) is 8.62. The third-order valence-corrected chi connectivity index (χ3v) is 6.69. The molecular formula is C26H30F2O2. The van der Waals surface area contributed by atoms with Gasteiger partial charge in [0.2, 0.25) is 0 Å². The molecular weight excluding hydrogens is 382 g/mol. The Labute approximate surface area is 177 Å². The highest BCUT2D eigenvalue weighted by Gasteiger charge is 2.31. The molecule has 0 aromatic heterocycles. The molecule has 1 aliphatic heterocycles. The predicted molar refractivity (Wildman–Crippen MR) is 115 cm³/mol. The first kappa shape index (κ1) is 21.2. The highest BCUT2D eigenvalue weighted by atomic mass is 19.3. The molecule has 30 heavy (non-hydrogen) atoms. The fraction of sp³-hybridized carbons (Fsp3) is 0.462. The zero-order chi connectivity index (χ0) is 20.9. The molecule has 0 radical (unpaired) electrons. The van der Waals surface area contributed by atoms with Gasteiger partial charge in [-0.25, -0.2) is 0 Å². The van der Waals surface area contributed by atoms with E-state index in [9.17, 15) is 8.78 Å². The molecule has 4 heteroatoms. The van der Waals surface area contributed by atoms with E-state index in [1.54, 1.807) is 0 Å². The minimum Gasteiger partial charge on any atom is -0.353 e. The highest BCUT2D eigenvalue weighted by Crippen LogP contribution is 2.40. The van der Waals surface area contributed by atoms with E-state index in [2.05, 4.69) is 24.3 Å². The lowest BCUT2D eigenvalue weighted by Crippen LogP contribution is -2.36. The van der Waals surface area contributed by atoms with Crippen LogP contribution in [0.2, 0.25) is 0 Å². The predicted octanol–water partition coefficient (Wildman–Crippen LogP) is 6.96. The van der Waals surface area contributed by atoms with Crippen LogP contribution >= 0.6 is 0 Å². The SMILES string of the molecule is CC1OCC(C2CCC(c3ccc(-c4ccc(CC=C(F)F)cc4)cc3)CC2)CO1. The van der Waals surface area contributed by atoms with Gasteiger partial charge in [-0.05, 0) is 79.2 Å². The standard InChI is InChI=1S/C26H30F2O2/c1-18-29-16-25(17-30-18)24-13-11-23(12-14-24)22-9-7-21(8-10-22)20-5-2-19(3-6-20)4-15-26(27)28/h2-3,5-10,15,18,23-25H,4,11-14,16-17H2,1H3. The van der Waals surface area contributed by atoms with Crippen LogP contribution in [0.25, 0.3) is 11.1 Å². The van der Waals surface area contributed by atoms with Crippen molar-refractivity contribution in [2.24, 2.45) is 11.8 Å². The number of benzene rings is 2. The van der Waals surface area contributed by atoms with Crippen molar-refractivity contribution in [3.05, 3.63) is 71.8 Å². The second-order valence-corrected chi connectivity index (χ2v) is 8.62. The number of rotatable bonds is 5. The Balaban J connectivity index is 1.32. The van der Waals surface area contributed by atoms with Crippen LogP contribution in [0.5, 0.6) is 0 Å². The van der Waals surface area contributed by atoms with Gasteiger partial charge in [-0.15, -0.1) is 0 Å². The van der Waals surface area contributed by atoms with E-state index in [1.807, 2.05) is 31.2 Å². The summed E-state index contributed by atoms with van der Waals surface area (Å²) >= 11 is 0. The lowest BCUT2D eigenvalue weighted by Gasteiger charge is -2.37. The van der Waals surface area contributed by atoms with E-state index in [1.165, 1.54) is 31.2 Å². The van der Waals surface area contributed by atoms with Gasteiger partial charge in [0.25, 0.3) is 6.08 Å². The van der Waals surface area contributed by atoms with Crippen molar-refractivity contribution in [2.45, 2.75) is 51.2 Å². The van der Waals surface area contributed by atoms with Crippen LogP contribution in [-0.2, 0) is 15.9 Å². The monoisotopic (exact) mass is 412 g/mol. The number of halogens is 2. The summed E-state index contributed by atoms with van der Waals surface area (Å²) in [4.78, 5) is 0. The topological polar surface area (TPSA) is 18.5 Å². The Morgan fingerprint density at radius 1 is 0.833 bits per heavy atom. The fourth-order valence-electron chi connectivity index (χ4n) is 4.79. The molecule has 0 spiro atoms. The first-order chi connectivity index (χ1) is 14.6. The molecule has 1 aliphatic carbocycles. The average Bonchev–Trinajstić information content (AvgIpc) is 2.79. The van der Waals surface area contributed by atoms with Gasteiger partial charge in [0.15, 0.2) is 6.29 Å². The third-order valence-electron chi connectivity index (χ3n) is 6.69. The molecule has 0 bridgehead atoms. The van der Waals surface area contributed by atoms with Gasteiger partial charge in [0.1, 0.15) is 0 Å². The maximum absolute atomic E-state index is 12.2. The molecule has 0 atom stereocenters. The van der Waals surface area contributed by atoms with Crippen LogP contribution in [0, 0.1) is 11.8 Å². The summed E-state index contributed by atoms with van der Waals surface area (Å²) < 4.78 is 35.8. The van der Waals surface area contributed by atoms with Gasteiger partial charge >= 0.3 is 0 Å². The first-order valence-electron chi connectivity index (χ1n) is 11.0. The van der Waals surface area contributed by atoms with E-state index < -0.39 is 6.08 Å². The van der Waals surface area contributed by atoms with E-state index in [4.69, 9.17) is 9.47 Å². The third kappa shape index (κ3) is 5.35. The van der Waals surface area contributed by atoms with Gasteiger partial charge in [-0.1, -0.05) is 48.5 Å². The molecule has 0 amide bonds. The lowest BCUT2D eigenvalue weighted by atomic mass is 9.74. The Hall–Kier alpha value is -2.04. The maximum Gasteiger partial charge on any atom is 0.266 e. The molecule has 4 rings (SSSR count). The normalized spacial score (nSPS) is 26.9. The Kier molecular flexibility index (Phi) is 6.96. The van der Waals surface area contributed by atoms with Gasteiger partial charge in [-0.2, -0.15) is 8.78 Å². The van der Waals surface area contributed by atoms with Crippen LogP contribution < -0.4 is 0 Å². The summed E-state index contributed by atoms with van der Waals surface area (Å²) in [5.41, 5.74) is 4.59. The van der Waals surface area contributed by atoms with Gasteiger partial charge in [0, 0.05) is 5.92 Å². The zero-order valence-electron chi connectivity index (χ0n) is 17.5. The minimum atomic E-state index is -1.63. The molecule has 0 unspecified atom stereocenters. The molecule has 1 saturated carbocycles. The van der Waals surface area contributed by atoms with Gasteiger partial charge < -0.3 is 9.47 Å². The number of hydrogen-bond donors (Lipinski definition) is 0. The average molecular weight is 413 g/mol. The largest absolute Gasteiger partial charge is 0.353 e. The molecule has 1 saturated heterocycles. The summed E-state index contributed by atoms with van der Waals surface area (Å²) in [6, 6.07) is 16.7. The Morgan fingerprint density at radius 3 is 1.97 bits per heavy atom. The molecule has 2 nitrogen and oxygen atoms in total. The van der Waals surface area contributed by atoms with Crippen LogP contribution in [0.4, 0.5) is 8.78 Å². The van der Waals surface area contributed by atoms with Crippen molar-refractivity contribution >= 4 is 0 Å². The van der Waals surface area contributed by atoms with Crippen molar-refractivity contribution in [3.8, 4) is 11.1 Å². The molecule has 2 aromatic rings. The van der Waals surface area contributed by atoms with Crippen molar-refractivity contribution in [2.75, 3.05) is 13.2 Å². The van der Waals surface area contributed by atoms with Crippen LogP contribution in [0.15, 0.2) is 60.7 Å². The summed E-state index contributed by atoms with van der Waals surface area (Å²) in [5, 5.41) is 0. The highest BCUT2D eigenvalue weighted by molar-refractivity contribution is 5.64. The quantitative estimate of drug-likeness (QED) is 0.528.